The third-order valence-electron chi connectivity index (χ3n) is 8.70. The van der Waals surface area contributed by atoms with E-state index < -0.39 is 0 Å². The van der Waals surface area contributed by atoms with Crippen molar-refractivity contribution < 1.29 is 4.42 Å². The van der Waals surface area contributed by atoms with E-state index in [1.54, 1.807) is 0 Å². The first kappa shape index (κ1) is 25.4. The van der Waals surface area contributed by atoms with Gasteiger partial charge in [-0.05, 0) is 34.9 Å². The van der Waals surface area contributed by atoms with Gasteiger partial charge in [0, 0.05) is 38.2 Å². The van der Waals surface area contributed by atoms with Crippen molar-refractivity contribution in [3.8, 4) is 44.8 Å². The van der Waals surface area contributed by atoms with Crippen LogP contribution in [0.1, 0.15) is 0 Å². The van der Waals surface area contributed by atoms with Crippen molar-refractivity contribution in [2.75, 3.05) is 0 Å². The molecule has 0 atom stereocenters. The van der Waals surface area contributed by atoms with Gasteiger partial charge in [0.15, 0.2) is 0 Å². The molecule has 45 heavy (non-hydrogen) atoms. The van der Waals surface area contributed by atoms with E-state index >= 15 is 0 Å². The number of furan rings is 1. The molecule has 6 aromatic carbocycles. The third kappa shape index (κ3) is 4.37. The average Bonchev–Trinajstić information content (AvgIpc) is 3.51. The van der Waals surface area contributed by atoms with E-state index in [4.69, 9.17) is 14.4 Å². The number of nitrogens with zero attached hydrogens (tertiary/aromatic N) is 2. The Balaban J connectivity index is 1.04. The zero-order chi connectivity index (χ0) is 29.7. The fourth-order valence-corrected chi connectivity index (χ4v) is 6.35. The minimum Gasteiger partial charge on any atom is -0.455 e. The Morgan fingerprint density at radius 2 is 0.867 bits per heavy atom. The van der Waals surface area contributed by atoms with Crippen molar-refractivity contribution >= 4 is 43.7 Å². The molecule has 210 valence electrons. The molecule has 0 aliphatic carbocycles. The van der Waals surface area contributed by atoms with Crippen molar-refractivity contribution in [2.24, 2.45) is 0 Å². The number of aromatic nitrogens is 2. The van der Waals surface area contributed by atoms with Crippen molar-refractivity contribution in [1.82, 2.24) is 9.97 Å². The van der Waals surface area contributed by atoms with Crippen LogP contribution in [0.5, 0.6) is 0 Å². The van der Waals surface area contributed by atoms with E-state index in [-0.39, 0.29) is 0 Å². The van der Waals surface area contributed by atoms with E-state index in [9.17, 15) is 0 Å². The van der Waals surface area contributed by atoms with Crippen molar-refractivity contribution in [3.05, 3.63) is 158 Å². The van der Waals surface area contributed by atoms with Gasteiger partial charge in [-0.2, -0.15) is 0 Å². The number of hydrogen-bond donors (Lipinski definition) is 0. The van der Waals surface area contributed by atoms with Crippen LogP contribution < -0.4 is 0 Å². The van der Waals surface area contributed by atoms with E-state index in [0.29, 0.717) is 0 Å². The van der Waals surface area contributed by atoms with Gasteiger partial charge in [0.1, 0.15) is 11.2 Å². The first-order chi connectivity index (χ1) is 22.3. The van der Waals surface area contributed by atoms with Crippen LogP contribution in [0.2, 0.25) is 0 Å². The monoisotopic (exact) mass is 574 g/mol. The molecule has 0 N–H and O–H groups in total. The number of para-hydroxylation sites is 2. The molecule has 0 bridgehead atoms. The quantitative estimate of drug-likeness (QED) is 0.196. The molecule has 3 heteroatoms. The van der Waals surface area contributed by atoms with Crippen LogP contribution in [0.4, 0.5) is 0 Å². The largest absolute Gasteiger partial charge is 0.455 e. The van der Waals surface area contributed by atoms with Gasteiger partial charge in [0.2, 0.25) is 0 Å². The summed E-state index contributed by atoms with van der Waals surface area (Å²) in [6.45, 7) is 0. The summed E-state index contributed by atoms with van der Waals surface area (Å²) >= 11 is 0. The van der Waals surface area contributed by atoms with Gasteiger partial charge >= 0.3 is 0 Å². The number of hydrogen-bond acceptors (Lipinski definition) is 3. The van der Waals surface area contributed by atoms with Gasteiger partial charge in [0.05, 0.1) is 22.4 Å². The molecule has 3 nitrogen and oxygen atoms in total. The lowest BCUT2D eigenvalue weighted by molar-refractivity contribution is 0.670. The summed E-state index contributed by atoms with van der Waals surface area (Å²) in [5.74, 6) is 0. The smallest absolute Gasteiger partial charge is 0.143 e. The number of benzene rings is 6. The molecular formula is C42H26N2O. The summed E-state index contributed by atoms with van der Waals surface area (Å²) in [4.78, 5) is 10.2. The molecule has 3 aromatic heterocycles. The molecule has 0 aliphatic heterocycles. The van der Waals surface area contributed by atoms with Gasteiger partial charge in [-0.15, -0.1) is 0 Å². The van der Waals surface area contributed by atoms with Gasteiger partial charge < -0.3 is 4.42 Å². The van der Waals surface area contributed by atoms with Crippen LogP contribution in [0, 0.1) is 0 Å². The first-order valence-electron chi connectivity index (χ1n) is 15.2. The molecule has 9 aromatic rings. The van der Waals surface area contributed by atoms with Gasteiger partial charge in [0.25, 0.3) is 0 Å². The highest BCUT2D eigenvalue weighted by Crippen LogP contribution is 2.36. The second-order valence-corrected chi connectivity index (χ2v) is 11.4. The van der Waals surface area contributed by atoms with E-state index in [1.807, 2.05) is 30.3 Å². The lowest BCUT2D eigenvalue weighted by atomic mass is 9.98. The lowest BCUT2D eigenvalue weighted by Gasteiger charge is -2.09. The Labute approximate surface area is 260 Å². The van der Waals surface area contributed by atoms with Gasteiger partial charge in [-0.25, -0.2) is 9.97 Å². The minimum atomic E-state index is 0.916. The van der Waals surface area contributed by atoms with E-state index in [0.717, 1.165) is 88.5 Å². The average molecular weight is 575 g/mol. The molecule has 0 saturated carbocycles. The molecule has 9 rings (SSSR count). The maximum Gasteiger partial charge on any atom is 0.143 e. The highest BCUT2D eigenvalue weighted by Gasteiger charge is 2.13. The Morgan fingerprint density at radius 3 is 1.53 bits per heavy atom. The standard InChI is InChI=1S/C42H26N2O/c1-2-7-30(8-3-1)37-25-23-32-21-22-33-24-26-38(44-41(33)40(32)43-37)31-19-15-28(16-20-31)27-13-17-29(18-14-27)34-10-6-11-36-35-9-4-5-12-39(35)45-42(34)36/h1-26H. The van der Waals surface area contributed by atoms with E-state index in [2.05, 4.69) is 127 Å². The van der Waals surface area contributed by atoms with Crippen molar-refractivity contribution in [3.63, 3.8) is 0 Å². The lowest BCUT2D eigenvalue weighted by Crippen LogP contribution is -1.91. The topological polar surface area (TPSA) is 38.9 Å². The second kappa shape index (κ2) is 10.3. The zero-order valence-electron chi connectivity index (χ0n) is 24.3. The van der Waals surface area contributed by atoms with Gasteiger partial charge in [-0.1, -0.05) is 140 Å². The Bertz CT molecular complexity index is 2510. The number of rotatable bonds is 4. The van der Waals surface area contributed by atoms with Crippen LogP contribution in [0.25, 0.3) is 88.5 Å². The number of pyridine rings is 2. The summed E-state index contributed by atoms with van der Waals surface area (Å²) in [7, 11) is 0. The molecule has 0 fully saturated rings. The molecule has 0 unspecified atom stereocenters. The second-order valence-electron chi connectivity index (χ2n) is 11.4. The molecular weight excluding hydrogens is 548 g/mol. The Hall–Kier alpha value is -6.06. The molecule has 0 spiro atoms. The summed E-state index contributed by atoms with van der Waals surface area (Å²) in [5, 5.41) is 4.46. The highest BCUT2D eigenvalue weighted by atomic mass is 16.3. The summed E-state index contributed by atoms with van der Waals surface area (Å²) in [5.41, 5.74) is 12.3. The van der Waals surface area contributed by atoms with Crippen LogP contribution >= 0.6 is 0 Å². The SMILES string of the molecule is c1ccc(-c2ccc3ccc4ccc(-c5ccc(-c6ccc(-c7cccc8c7oc7ccccc78)cc6)cc5)nc4c3n2)cc1. The summed E-state index contributed by atoms with van der Waals surface area (Å²) < 4.78 is 6.27. The zero-order valence-corrected chi connectivity index (χ0v) is 24.3. The van der Waals surface area contributed by atoms with Crippen molar-refractivity contribution in [1.29, 1.82) is 0 Å². The summed E-state index contributed by atoms with van der Waals surface area (Å²) in [6.07, 6.45) is 0. The predicted molar refractivity (Wildman–Crippen MR) is 186 cm³/mol. The van der Waals surface area contributed by atoms with Crippen LogP contribution in [0.3, 0.4) is 0 Å². The van der Waals surface area contributed by atoms with Crippen LogP contribution in [-0.2, 0) is 0 Å². The first-order valence-corrected chi connectivity index (χ1v) is 15.2. The highest BCUT2D eigenvalue weighted by molar-refractivity contribution is 6.09. The Kier molecular flexibility index (Phi) is 5.82. The van der Waals surface area contributed by atoms with Gasteiger partial charge in [-0.3, -0.25) is 0 Å². The predicted octanol–water partition coefficient (Wildman–Crippen LogP) is 11.4. The minimum absolute atomic E-state index is 0.916. The fraction of sp³-hybridized carbons (Fsp3) is 0. The van der Waals surface area contributed by atoms with Crippen LogP contribution in [-0.4, -0.2) is 9.97 Å². The number of fused-ring (bicyclic) bond motifs is 6. The normalized spacial score (nSPS) is 11.6. The maximum atomic E-state index is 6.27. The van der Waals surface area contributed by atoms with E-state index in [1.165, 1.54) is 0 Å². The summed E-state index contributed by atoms with van der Waals surface area (Å²) in [6, 6.07) is 55.0. The fourth-order valence-electron chi connectivity index (χ4n) is 6.35. The Morgan fingerprint density at radius 1 is 0.356 bits per heavy atom. The van der Waals surface area contributed by atoms with Crippen molar-refractivity contribution in [2.45, 2.75) is 0 Å². The molecule has 0 saturated heterocycles. The molecule has 3 heterocycles. The molecule has 0 aliphatic rings. The molecule has 0 amide bonds. The maximum absolute atomic E-state index is 6.27. The third-order valence-corrected chi connectivity index (χ3v) is 8.70. The molecule has 0 radical (unpaired) electrons. The van der Waals surface area contributed by atoms with Crippen LogP contribution in [0.15, 0.2) is 162 Å².